The Kier molecular flexibility index (Phi) is 5.28. The summed E-state index contributed by atoms with van der Waals surface area (Å²) in [6.07, 6.45) is 0. The van der Waals surface area contributed by atoms with Crippen LogP contribution in [0.15, 0.2) is 60.7 Å². The molecule has 2 aromatic rings. The van der Waals surface area contributed by atoms with E-state index in [9.17, 15) is 0 Å². The zero-order valence-corrected chi connectivity index (χ0v) is 15.8. The molecule has 0 aromatic heterocycles. The molecule has 0 aliphatic carbocycles. The molecule has 0 aliphatic rings. The van der Waals surface area contributed by atoms with Gasteiger partial charge in [-0.2, -0.15) is 0 Å². The first-order chi connectivity index (χ1) is 9.84. The zero-order valence-electron chi connectivity index (χ0n) is 13.2. The Labute approximate surface area is 136 Å². The second kappa shape index (κ2) is 6.63. The Balaban J connectivity index is 2.37. The van der Waals surface area contributed by atoms with Crippen molar-refractivity contribution in [2.24, 2.45) is 0 Å². The number of hydrogen-bond acceptors (Lipinski definition) is 1. The van der Waals surface area contributed by atoms with Crippen LogP contribution in [0.5, 0.6) is 0 Å². The first-order valence-electron chi connectivity index (χ1n) is 7.33. The molecule has 0 fully saturated rings. The molecule has 3 heteroatoms. The SMILES string of the molecule is C[C@H](NP(=[Se])(c1ccccc1)C(C)(C)C)c1ccccc1. The van der Waals surface area contributed by atoms with Gasteiger partial charge in [0.2, 0.25) is 0 Å². The van der Waals surface area contributed by atoms with Crippen LogP contribution >= 0.6 is 5.66 Å². The van der Waals surface area contributed by atoms with Gasteiger partial charge in [0.15, 0.2) is 0 Å². The van der Waals surface area contributed by atoms with Gasteiger partial charge in [-0.05, 0) is 0 Å². The fourth-order valence-electron chi connectivity index (χ4n) is 2.38. The predicted octanol–water partition coefficient (Wildman–Crippen LogP) is 4.48. The molecule has 2 atom stereocenters. The first kappa shape index (κ1) is 16.7. The molecule has 0 bridgehead atoms. The van der Waals surface area contributed by atoms with E-state index < -0.39 is 5.66 Å². The molecule has 1 N–H and O–H groups in total. The van der Waals surface area contributed by atoms with Crippen molar-refractivity contribution in [2.75, 3.05) is 0 Å². The molecule has 2 aromatic carbocycles. The van der Waals surface area contributed by atoms with Crippen LogP contribution in [0.4, 0.5) is 0 Å². The molecule has 0 amide bonds. The summed E-state index contributed by atoms with van der Waals surface area (Å²) in [7, 11) is 0. The molecule has 0 heterocycles. The van der Waals surface area contributed by atoms with Gasteiger partial charge in [0.05, 0.1) is 0 Å². The molecule has 0 radical (unpaired) electrons. The van der Waals surface area contributed by atoms with E-state index in [4.69, 9.17) is 0 Å². The summed E-state index contributed by atoms with van der Waals surface area (Å²) in [4.78, 5) is 0. The predicted molar refractivity (Wildman–Crippen MR) is 96.5 cm³/mol. The van der Waals surface area contributed by atoms with Crippen LogP contribution in [0.1, 0.15) is 39.3 Å². The Morgan fingerprint density at radius 3 is 1.86 bits per heavy atom. The van der Waals surface area contributed by atoms with Crippen LogP contribution in [-0.4, -0.2) is 20.3 Å². The summed E-state index contributed by atoms with van der Waals surface area (Å²) in [5, 5.41) is 5.47. The summed E-state index contributed by atoms with van der Waals surface area (Å²) >= 11 is 3.55. The van der Waals surface area contributed by atoms with Crippen LogP contribution in [0.3, 0.4) is 0 Å². The van der Waals surface area contributed by atoms with E-state index in [2.05, 4.69) is 109 Å². The van der Waals surface area contributed by atoms with Gasteiger partial charge in [0.1, 0.15) is 0 Å². The molecular formula is C18H24NPSe. The summed E-state index contributed by atoms with van der Waals surface area (Å²) in [6.45, 7) is 9.19. The van der Waals surface area contributed by atoms with Crippen molar-refractivity contribution in [1.82, 2.24) is 5.09 Å². The quantitative estimate of drug-likeness (QED) is 0.623. The van der Waals surface area contributed by atoms with Crippen molar-refractivity contribution >= 4 is 26.1 Å². The Morgan fingerprint density at radius 1 is 0.905 bits per heavy atom. The second-order valence-electron chi connectivity index (χ2n) is 6.38. The van der Waals surface area contributed by atoms with E-state index >= 15 is 0 Å². The van der Waals surface area contributed by atoms with Gasteiger partial charge in [-0.15, -0.1) is 0 Å². The van der Waals surface area contributed by atoms with Gasteiger partial charge in [0.25, 0.3) is 0 Å². The van der Waals surface area contributed by atoms with Crippen molar-refractivity contribution in [3.63, 3.8) is 0 Å². The van der Waals surface area contributed by atoms with Gasteiger partial charge < -0.3 is 0 Å². The molecule has 0 spiro atoms. The molecule has 1 nitrogen and oxygen atoms in total. The molecule has 112 valence electrons. The maximum atomic E-state index is 3.92. The molecule has 0 aliphatic heterocycles. The van der Waals surface area contributed by atoms with Gasteiger partial charge in [-0.3, -0.25) is 0 Å². The van der Waals surface area contributed by atoms with Crippen LogP contribution in [0, 0.1) is 0 Å². The van der Waals surface area contributed by atoms with E-state index in [-0.39, 0.29) is 5.16 Å². The first-order valence-corrected chi connectivity index (χ1v) is 11.3. The van der Waals surface area contributed by atoms with Gasteiger partial charge >= 0.3 is 136 Å². The van der Waals surface area contributed by atoms with E-state index in [1.165, 1.54) is 10.9 Å². The van der Waals surface area contributed by atoms with Crippen molar-refractivity contribution in [1.29, 1.82) is 0 Å². The van der Waals surface area contributed by atoms with Crippen LogP contribution in [-0.2, 0) is 0 Å². The zero-order chi connectivity index (χ0) is 15.5. The van der Waals surface area contributed by atoms with Gasteiger partial charge in [0, 0.05) is 0 Å². The molecule has 0 saturated heterocycles. The monoisotopic (exact) mass is 365 g/mol. The van der Waals surface area contributed by atoms with E-state index in [0.29, 0.717) is 6.04 Å². The fourth-order valence-corrected chi connectivity index (χ4v) is 6.74. The Bertz CT molecular complexity index is 617. The van der Waals surface area contributed by atoms with Crippen LogP contribution in [0.25, 0.3) is 0 Å². The third-order valence-corrected chi connectivity index (χ3v) is 12.8. The topological polar surface area (TPSA) is 12.0 Å². The van der Waals surface area contributed by atoms with Crippen molar-refractivity contribution in [3.05, 3.63) is 66.2 Å². The third kappa shape index (κ3) is 3.76. The molecule has 2 rings (SSSR count). The fraction of sp³-hybridized carbons (Fsp3) is 0.333. The van der Waals surface area contributed by atoms with E-state index in [0.717, 1.165) is 0 Å². The standard InChI is InChI=1S/C18H24NPSe/c1-15(16-11-7-5-8-12-16)19-20(21,18(2,3)4)17-13-9-6-10-14-17/h5-15H,1-4H3,(H,19,21)/t15-,20?/m0/s1. The summed E-state index contributed by atoms with van der Waals surface area (Å²) in [6, 6.07) is 21.8. The van der Waals surface area contributed by atoms with Crippen molar-refractivity contribution in [2.45, 2.75) is 38.9 Å². The Hall–Kier alpha value is -0.651. The minimum absolute atomic E-state index is 0.164. The van der Waals surface area contributed by atoms with Crippen molar-refractivity contribution in [3.8, 4) is 0 Å². The number of hydrogen-bond donors (Lipinski definition) is 1. The molecule has 21 heavy (non-hydrogen) atoms. The second-order valence-corrected chi connectivity index (χ2v) is 13.2. The van der Waals surface area contributed by atoms with E-state index in [1.54, 1.807) is 0 Å². The normalized spacial score (nSPS) is 16.2. The molecular weight excluding hydrogens is 340 g/mol. The minimum atomic E-state index is -1.60. The average Bonchev–Trinajstić information content (AvgIpc) is 2.47. The summed E-state index contributed by atoms with van der Waals surface area (Å²) in [5.41, 5.74) is -0.271. The summed E-state index contributed by atoms with van der Waals surface area (Å²) < 4.78 is 0. The Morgan fingerprint density at radius 2 is 1.38 bits per heavy atom. The number of nitrogens with one attached hydrogen (secondary N) is 1. The van der Waals surface area contributed by atoms with Crippen LogP contribution in [0.2, 0.25) is 0 Å². The van der Waals surface area contributed by atoms with Crippen molar-refractivity contribution < 1.29 is 0 Å². The third-order valence-electron chi connectivity index (χ3n) is 3.74. The van der Waals surface area contributed by atoms with Gasteiger partial charge in [-0.1, -0.05) is 0 Å². The number of rotatable bonds is 4. The number of benzene rings is 2. The maximum absolute atomic E-state index is 3.92. The molecule has 1 unspecified atom stereocenters. The summed E-state index contributed by atoms with van der Waals surface area (Å²) in [5.74, 6) is 0. The van der Waals surface area contributed by atoms with Gasteiger partial charge in [-0.25, -0.2) is 0 Å². The molecule has 0 saturated carbocycles. The van der Waals surface area contributed by atoms with E-state index in [1.807, 2.05) is 0 Å². The average molecular weight is 364 g/mol. The van der Waals surface area contributed by atoms with Crippen LogP contribution < -0.4 is 10.4 Å².